The Hall–Kier alpha value is -0.450. The van der Waals surface area contributed by atoms with Crippen LogP contribution in [0.25, 0.3) is 0 Å². The van der Waals surface area contributed by atoms with Crippen molar-refractivity contribution in [2.75, 3.05) is 0 Å². The average Bonchev–Trinajstić information content (AvgIpc) is 3.10. The predicted molar refractivity (Wildman–Crippen MR) is 131 cm³/mol. The third-order valence-corrected chi connectivity index (χ3v) is 11.8. The number of Topliss-reactive ketones (excluding diaryl/α,β-unsaturated/α-hetero) is 1. The van der Waals surface area contributed by atoms with Gasteiger partial charge in [0.05, 0.1) is 17.8 Å². The molecule has 4 fully saturated rings. The lowest BCUT2D eigenvalue weighted by atomic mass is 9.43. The van der Waals surface area contributed by atoms with E-state index in [4.69, 9.17) is 0 Å². The van der Waals surface area contributed by atoms with Gasteiger partial charge < -0.3 is 15.3 Å². The maximum absolute atomic E-state index is 12.2. The summed E-state index contributed by atoms with van der Waals surface area (Å²) in [5, 5.41) is 34.9. The largest absolute Gasteiger partial charge is 0.393 e. The fourth-order valence-electron chi connectivity index (χ4n) is 9.64. The number of rotatable bonds is 6. The number of hydrogen-bond acceptors (Lipinski definition) is 4. The van der Waals surface area contributed by atoms with Crippen molar-refractivity contribution in [3.05, 3.63) is 0 Å². The van der Waals surface area contributed by atoms with Crippen LogP contribution < -0.4 is 0 Å². The number of ketones is 1. The number of aliphatic hydroxyl groups excluding tert-OH is 2. The van der Waals surface area contributed by atoms with Gasteiger partial charge >= 0.3 is 0 Å². The number of aliphatic hydroxyl groups is 3. The first kappa shape index (κ1) is 25.6. The molecule has 0 saturated heterocycles. The maximum atomic E-state index is 12.2. The normalized spacial score (nSPS) is 48.1. The van der Waals surface area contributed by atoms with E-state index in [9.17, 15) is 20.1 Å². The van der Waals surface area contributed by atoms with Crippen LogP contribution in [-0.4, -0.2) is 38.9 Å². The lowest BCUT2D eigenvalue weighted by Crippen LogP contribution is -2.63. The molecule has 0 heterocycles. The van der Waals surface area contributed by atoms with E-state index in [0.717, 1.165) is 44.9 Å². The van der Waals surface area contributed by atoms with Gasteiger partial charge in [0.1, 0.15) is 5.78 Å². The van der Waals surface area contributed by atoms with Crippen molar-refractivity contribution in [1.29, 1.82) is 0 Å². The zero-order valence-electron chi connectivity index (χ0n) is 22.0. The molecule has 4 aliphatic rings. The quantitative estimate of drug-likeness (QED) is 0.496. The smallest absolute Gasteiger partial charge is 0.133 e. The molecular weight excluding hydrogens is 412 g/mol. The number of carbonyl (C=O) groups excluding carboxylic acids is 1. The number of hydrogen-bond donors (Lipinski definition) is 3. The maximum Gasteiger partial charge on any atom is 0.133 e. The van der Waals surface area contributed by atoms with Crippen molar-refractivity contribution in [1.82, 2.24) is 0 Å². The van der Waals surface area contributed by atoms with Crippen molar-refractivity contribution in [2.24, 2.45) is 52.3 Å². The molecule has 0 amide bonds. The van der Waals surface area contributed by atoms with Gasteiger partial charge in [-0.15, -0.1) is 0 Å². The van der Waals surface area contributed by atoms with Gasteiger partial charge in [-0.25, -0.2) is 0 Å². The van der Waals surface area contributed by atoms with Crippen molar-refractivity contribution < 1.29 is 20.1 Å². The molecule has 0 aromatic heterocycles. The average molecular weight is 463 g/mol. The Morgan fingerprint density at radius 3 is 2.45 bits per heavy atom. The van der Waals surface area contributed by atoms with Crippen LogP contribution in [0.4, 0.5) is 0 Å². The fraction of sp³-hybridized carbons (Fsp3) is 0.966. The molecule has 33 heavy (non-hydrogen) atoms. The van der Waals surface area contributed by atoms with Gasteiger partial charge in [-0.05, 0) is 98.7 Å². The van der Waals surface area contributed by atoms with Crippen LogP contribution in [0.2, 0.25) is 0 Å². The molecule has 4 nitrogen and oxygen atoms in total. The molecule has 0 spiro atoms. The Kier molecular flexibility index (Phi) is 6.91. The Balaban J connectivity index is 1.59. The molecule has 0 aliphatic heterocycles. The summed E-state index contributed by atoms with van der Waals surface area (Å²) in [7, 11) is 0. The summed E-state index contributed by atoms with van der Waals surface area (Å²) < 4.78 is 0. The lowest BCUT2D eigenvalue weighted by Gasteiger charge is -2.63. The van der Waals surface area contributed by atoms with Crippen molar-refractivity contribution in [2.45, 2.75) is 124 Å². The van der Waals surface area contributed by atoms with E-state index >= 15 is 0 Å². The molecule has 4 heteroatoms. The summed E-state index contributed by atoms with van der Waals surface area (Å²) in [5.74, 6) is 2.55. The first-order chi connectivity index (χ1) is 15.4. The lowest BCUT2D eigenvalue weighted by molar-refractivity contribution is -0.212. The molecule has 0 aromatic carbocycles. The Morgan fingerprint density at radius 2 is 1.82 bits per heavy atom. The number of fused-ring (bicyclic) bond motifs is 5. The molecule has 3 N–H and O–H groups in total. The van der Waals surface area contributed by atoms with E-state index in [1.807, 2.05) is 6.92 Å². The second-order valence-electron chi connectivity index (χ2n) is 13.6. The van der Waals surface area contributed by atoms with Gasteiger partial charge in [0.15, 0.2) is 0 Å². The van der Waals surface area contributed by atoms with Crippen molar-refractivity contribution in [3.8, 4) is 0 Å². The molecule has 4 saturated carbocycles. The first-order valence-electron chi connectivity index (χ1n) is 14.0. The van der Waals surface area contributed by atoms with Gasteiger partial charge in [0, 0.05) is 18.3 Å². The highest BCUT2D eigenvalue weighted by Gasteiger charge is 2.67. The highest BCUT2D eigenvalue weighted by molar-refractivity contribution is 5.79. The van der Waals surface area contributed by atoms with Crippen LogP contribution in [0.1, 0.15) is 106 Å². The van der Waals surface area contributed by atoms with Gasteiger partial charge in [-0.3, -0.25) is 4.79 Å². The predicted octanol–water partition coefficient (Wildman–Crippen LogP) is 5.37. The molecule has 0 radical (unpaired) electrons. The third-order valence-electron chi connectivity index (χ3n) is 11.8. The molecular formula is C29H50O4. The van der Waals surface area contributed by atoms with E-state index in [0.29, 0.717) is 36.9 Å². The van der Waals surface area contributed by atoms with Crippen molar-refractivity contribution in [3.63, 3.8) is 0 Å². The monoisotopic (exact) mass is 462 g/mol. The molecule has 4 aliphatic carbocycles. The molecule has 0 bridgehead atoms. The molecule has 190 valence electrons. The van der Waals surface area contributed by atoms with Crippen LogP contribution in [0, 0.1) is 52.3 Å². The van der Waals surface area contributed by atoms with E-state index < -0.39 is 17.8 Å². The minimum Gasteiger partial charge on any atom is -0.393 e. The van der Waals surface area contributed by atoms with E-state index in [1.165, 1.54) is 0 Å². The van der Waals surface area contributed by atoms with Gasteiger partial charge in [0.2, 0.25) is 0 Å². The Bertz CT molecular complexity index is 731. The summed E-state index contributed by atoms with van der Waals surface area (Å²) in [6.07, 6.45) is 7.56. The standard InChI is InChI=1S/C29H50O4/c1-7-18(17(2)3)10-13-28(5,33)24-9-8-21-26-22(16-25(32)29(21,24)6)27(4)12-11-20(30)14-19(27)15-23(26)31/h17-19,21-26,31-33H,7-16H2,1-6H3. The van der Waals surface area contributed by atoms with Crippen LogP contribution in [-0.2, 0) is 4.79 Å². The van der Waals surface area contributed by atoms with E-state index in [1.54, 1.807) is 0 Å². The van der Waals surface area contributed by atoms with E-state index in [2.05, 4.69) is 34.6 Å². The highest BCUT2D eigenvalue weighted by atomic mass is 16.3. The van der Waals surface area contributed by atoms with Gasteiger partial charge in [-0.2, -0.15) is 0 Å². The number of carbonyl (C=O) groups is 1. The Morgan fingerprint density at radius 1 is 1.12 bits per heavy atom. The topological polar surface area (TPSA) is 77.8 Å². The summed E-state index contributed by atoms with van der Waals surface area (Å²) in [5.41, 5.74) is -1.13. The zero-order chi connectivity index (χ0) is 24.3. The first-order valence-corrected chi connectivity index (χ1v) is 14.0. The van der Waals surface area contributed by atoms with Crippen LogP contribution >= 0.6 is 0 Å². The second-order valence-corrected chi connectivity index (χ2v) is 13.6. The molecule has 0 aromatic rings. The molecule has 11 unspecified atom stereocenters. The summed E-state index contributed by atoms with van der Waals surface area (Å²) >= 11 is 0. The van der Waals surface area contributed by atoms with E-state index in [-0.39, 0.29) is 40.4 Å². The summed E-state index contributed by atoms with van der Waals surface area (Å²) in [4.78, 5) is 12.2. The third kappa shape index (κ3) is 4.04. The van der Waals surface area contributed by atoms with Crippen LogP contribution in [0.5, 0.6) is 0 Å². The highest BCUT2D eigenvalue weighted by Crippen LogP contribution is 2.68. The zero-order valence-corrected chi connectivity index (χ0v) is 22.0. The minimum atomic E-state index is -0.803. The van der Waals surface area contributed by atoms with Crippen molar-refractivity contribution >= 4 is 5.78 Å². The van der Waals surface area contributed by atoms with Gasteiger partial charge in [0.25, 0.3) is 0 Å². The Labute approximate surface area is 201 Å². The second kappa shape index (κ2) is 8.89. The van der Waals surface area contributed by atoms with Gasteiger partial charge in [-0.1, -0.05) is 41.0 Å². The SMILES string of the molecule is CCC(CCC(C)(O)C1CCC2C3C(O)CC4CC(=O)CCC4(C)C3CC(O)C21C)C(C)C. The van der Waals surface area contributed by atoms with Crippen LogP contribution in [0.15, 0.2) is 0 Å². The molecule has 11 atom stereocenters. The van der Waals surface area contributed by atoms with Crippen LogP contribution in [0.3, 0.4) is 0 Å². The summed E-state index contributed by atoms with van der Waals surface area (Å²) in [6, 6.07) is 0. The molecule has 4 rings (SSSR count). The fourth-order valence-corrected chi connectivity index (χ4v) is 9.64. The summed E-state index contributed by atoms with van der Waals surface area (Å²) in [6.45, 7) is 13.4. The minimum absolute atomic E-state index is 0.0341.